The van der Waals surface area contributed by atoms with Gasteiger partial charge in [-0.05, 0) is 46.3 Å². The van der Waals surface area contributed by atoms with Crippen LogP contribution in [0.3, 0.4) is 0 Å². The summed E-state index contributed by atoms with van der Waals surface area (Å²) in [5, 5.41) is 0.236. The molecule has 0 radical (unpaired) electrons. The third kappa shape index (κ3) is 7.70. The van der Waals surface area contributed by atoms with Gasteiger partial charge in [0.05, 0.1) is 19.8 Å². The van der Waals surface area contributed by atoms with E-state index in [2.05, 4.69) is 85.7 Å². The molecule has 1 aromatic carbocycles. The van der Waals surface area contributed by atoms with E-state index in [0.29, 0.717) is 12.5 Å². The van der Waals surface area contributed by atoms with Crippen LogP contribution in [0.1, 0.15) is 39.7 Å². The van der Waals surface area contributed by atoms with Gasteiger partial charge in [-0.2, -0.15) is 0 Å². The zero-order valence-corrected chi connectivity index (χ0v) is 20.5. The molecule has 0 bridgehead atoms. The number of benzene rings is 1. The van der Waals surface area contributed by atoms with Crippen molar-refractivity contribution < 1.29 is 13.9 Å². The van der Waals surface area contributed by atoms with Crippen molar-refractivity contribution in [3.05, 3.63) is 40.0 Å². The van der Waals surface area contributed by atoms with Crippen LogP contribution in [0.25, 0.3) is 0 Å². The van der Waals surface area contributed by atoms with Crippen molar-refractivity contribution in [2.75, 3.05) is 13.7 Å². The quantitative estimate of drug-likeness (QED) is 0.274. The third-order valence-corrected chi connectivity index (χ3v) is 10.2. The molecule has 0 saturated carbocycles. The second-order valence-electron chi connectivity index (χ2n) is 8.27. The minimum Gasteiger partial charge on any atom is -0.497 e. The number of halogens is 1. The minimum absolute atomic E-state index is 0.146. The molecule has 3 nitrogen and oxygen atoms in total. The average Bonchev–Trinajstić information content (AvgIpc) is 2.57. The van der Waals surface area contributed by atoms with Gasteiger partial charge in [-0.25, -0.2) is 0 Å². The van der Waals surface area contributed by atoms with Gasteiger partial charge in [-0.15, -0.1) is 0 Å². The van der Waals surface area contributed by atoms with Crippen LogP contribution in [0, 0.1) is 5.92 Å². The Bertz CT molecular complexity index is 549. The first-order valence-electron chi connectivity index (χ1n) is 9.26. The molecule has 0 N–H and O–H groups in total. The van der Waals surface area contributed by atoms with Gasteiger partial charge in [-0.1, -0.05) is 68.5 Å². The van der Waals surface area contributed by atoms with E-state index in [-0.39, 0.29) is 11.1 Å². The van der Waals surface area contributed by atoms with Gasteiger partial charge in [0, 0.05) is 12.5 Å². The van der Waals surface area contributed by atoms with Crippen molar-refractivity contribution in [3.63, 3.8) is 0 Å². The zero-order valence-electron chi connectivity index (χ0n) is 17.3. The fourth-order valence-electron chi connectivity index (χ4n) is 2.31. The second-order valence-corrected chi connectivity index (χ2v) is 13.8. The standard InChI is InChI=1S/C21H35IO3Si/c1-17(12-14-22)20(13-15-25-26(6,7)21(2,3)4)24-16-18-8-10-19(23-5)11-9-18/h8-12,14,17,20H,13,15-16H2,1-7H3/b14-12+/t17-,20+/m1/s1. The van der Waals surface area contributed by atoms with E-state index in [4.69, 9.17) is 13.9 Å². The van der Waals surface area contributed by atoms with Crippen LogP contribution in [-0.2, 0) is 15.8 Å². The lowest BCUT2D eigenvalue weighted by molar-refractivity contribution is 0.00382. The highest BCUT2D eigenvalue weighted by atomic mass is 127. The molecule has 1 aromatic rings. The van der Waals surface area contributed by atoms with Gasteiger partial charge in [-0.3, -0.25) is 0 Å². The van der Waals surface area contributed by atoms with E-state index < -0.39 is 8.32 Å². The largest absolute Gasteiger partial charge is 0.497 e. The van der Waals surface area contributed by atoms with E-state index in [1.54, 1.807) is 7.11 Å². The van der Waals surface area contributed by atoms with E-state index in [0.717, 1.165) is 24.3 Å². The van der Waals surface area contributed by atoms with Gasteiger partial charge in [0.25, 0.3) is 0 Å². The Hall–Kier alpha value is -0.373. The highest BCUT2D eigenvalue weighted by Crippen LogP contribution is 2.36. The van der Waals surface area contributed by atoms with Gasteiger partial charge in [0.1, 0.15) is 5.75 Å². The maximum absolute atomic E-state index is 6.35. The number of methoxy groups -OCH3 is 1. The summed E-state index contributed by atoms with van der Waals surface area (Å²) in [6.45, 7) is 15.0. The van der Waals surface area contributed by atoms with Crippen LogP contribution in [-0.4, -0.2) is 28.1 Å². The Kier molecular flexibility index (Phi) is 9.86. The summed E-state index contributed by atoms with van der Waals surface area (Å²) in [6, 6.07) is 8.06. The van der Waals surface area contributed by atoms with E-state index in [1.165, 1.54) is 0 Å². The lowest BCUT2D eigenvalue weighted by Crippen LogP contribution is -2.41. The first kappa shape index (κ1) is 23.7. The molecule has 0 amide bonds. The van der Waals surface area contributed by atoms with Crippen LogP contribution in [0.15, 0.2) is 34.4 Å². The molecule has 0 spiro atoms. The second kappa shape index (κ2) is 10.8. The normalized spacial score (nSPS) is 15.2. The van der Waals surface area contributed by atoms with Crippen LogP contribution in [0.5, 0.6) is 5.75 Å². The molecule has 0 aromatic heterocycles. The lowest BCUT2D eigenvalue weighted by Gasteiger charge is -2.36. The molecule has 0 heterocycles. The molecule has 0 fully saturated rings. The summed E-state index contributed by atoms with van der Waals surface area (Å²) in [6.07, 6.45) is 3.25. The monoisotopic (exact) mass is 490 g/mol. The highest BCUT2D eigenvalue weighted by molar-refractivity contribution is 14.1. The Balaban J connectivity index is 2.64. The number of ether oxygens (including phenoxy) is 2. The van der Waals surface area contributed by atoms with Crippen LogP contribution >= 0.6 is 22.6 Å². The molecule has 0 aliphatic heterocycles. The van der Waals surface area contributed by atoms with Crippen LogP contribution in [0.2, 0.25) is 18.1 Å². The molecule has 1 rings (SSSR count). The fraction of sp³-hybridized carbons (Fsp3) is 0.619. The van der Waals surface area contributed by atoms with Crippen molar-refractivity contribution in [2.24, 2.45) is 5.92 Å². The molecule has 0 aliphatic rings. The van der Waals surface area contributed by atoms with Gasteiger partial charge < -0.3 is 13.9 Å². The maximum atomic E-state index is 6.35. The predicted molar refractivity (Wildman–Crippen MR) is 122 cm³/mol. The Morgan fingerprint density at radius 2 is 1.77 bits per heavy atom. The van der Waals surface area contributed by atoms with E-state index in [1.807, 2.05) is 12.1 Å². The van der Waals surface area contributed by atoms with Gasteiger partial charge >= 0.3 is 0 Å². The summed E-state index contributed by atoms with van der Waals surface area (Å²) in [5.74, 6) is 1.22. The van der Waals surface area contributed by atoms with Crippen molar-refractivity contribution >= 4 is 30.9 Å². The lowest BCUT2D eigenvalue weighted by atomic mass is 10.0. The summed E-state index contributed by atoms with van der Waals surface area (Å²) < 4.78 is 19.9. The summed E-state index contributed by atoms with van der Waals surface area (Å²) >= 11 is 2.27. The number of hydrogen-bond acceptors (Lipinski definition) is 3. The maximum Gasteiger partial charge on any atom is 0.191 e. The van der Waals surface area contributed by atoms with Gasteiger partial charge in [0.2, 0.25) is 0 Å². The average molecular weight is 490 g/mol. The summed E-state index contributed by atoms with van der Waals surface area (Å²) in [4.78, 5) is 0. The van der Waals surface area contributed by atoms with E-state index >= 15 is 0 Å². The predicted octanol–water partition coefficient (Wildman–Crippen LogP) is 6.58. The molecule has 148 valence electrons. The molecule has 0 aliphatic carbocycles. The van der Waals surface area contributed by atoms with Crippen molar-refractivity contribution in [3.8, 4) is 5.75 Å². The smallest absolute Gasteiger partial charge is 0.191 e. The molecule has 26 heavy (non-hydrogen) atoms. The number of rotatable bonds is 10. The first-order valence-corrected chi connectivity index (χ1v) is 13.4. The first-order chi connectivity index (χ1) is 12.1. The molecule has 2 atom stereocenters. The van der Waals surface area contributed by atoms with Crippen LogP contribution < -0.4 is 4.74 Å². The summed E-state index contributed by atoms with van der Waals surface area (Å²) in [5.41, 5.74) is 1.16. The molecular weight excluding hydrogens is 455 g/mol. The van der Waals surface area contributed by atoms with Crippen LogP contribution in [0.4, 0.5) is 0 Å². The topological polar surface area (TPSA) is 27.7 Å². The SMILES string of the molecule is COc1ccc(CO[C@@H](CCO[Si](C)(C)C(C)(C)C)[C@H](C)/C=C/I)cc1. The molecule has 0 saturated heterocycles. The summed E-state index contributed by atoms with van der Waals surface area (Å²) in [7, 11) is -0.0289. The Morgan fingerprint density at radius 1 is 1.15 bits per heavy atom. The molecule has 0 unspecified atom stereocenters. The molecular formula is C21H35IO3Si. The van der Waals surface area contributed by atoms with Crippen molar-refractivity contribution in [1.82, 2.24) is 0 Å². The fourth-order valence-corrected chi connectivity index (χ4v) is 4.02. The highest BCUT2D eigenvalue weighted by Gasteiger charge is 2.37. The number of hydrogen-bond donors (Lipinski definition) is 0. The Morgan fingerprint density at radius 3 is 2.27 bits per heavy atom. The Labute approximate surface area is 174 Å². The molecule has 5 heteroatoms. The van der Waals surface area contributed by atoms with Crippen molar-refractivity contribution in [1.29, 1.82) is 0 Å². The van der Waals surface area contributed by atoms with E-state index in [9.17, 15) is 0 Å². The third-order valence-electron chi connectivity index (χ3n) is 5.26. The van der Waals surface area contributed by atoms with Gasteiger partial charge in [0.15, 0.2) is 8.32 Å². The minimum atomic E-state index is -1.71. The van der Waals surface area contributed by atoms with Crippen molar-refractivity contribution in [2.45, 2.75) is 65.0 Å². The zero-order chi connectivity index (χ0) is 19.8.